The van der Waals surface area contributed by atoms with Crippen molar-refractivity contribution >= 4 is 6.21 Å². The summed E-state index contributed by atoms with van der Waals surface area (Å²) >= 11 is 0. The van der Waals surface area contributed by atoms with Crippen molar-refractivity contribution in [1.82, 2.24) is 0 Å². The molecule has 0 aliphatic carbocycles. The van der Waals surface area contributed by atoms with Crippen LogP contribution in [-0.4, -0.2) is 6.21 Å². The molecule has 1 N–H and O–H groups in total. The first kappa shape index (κ1) is 11.7. The van der Waals surface area contributed by atoms with Crippen molar-refractivity contribution in [3.8, 4) is 0 Å². The standard InChI is InChI=1S/C11H23N/c1-9(2)7-11(4)8-10(3)5-6-12/h6,9-12H,5,7-8H2,1-4H3. The third kappa shape index (κ3) is 6.38. The van der Waals surface area contributed by atoms with E-state index in [4.69, 9.17) is 5.41 Å². The largest absolute Gasteiger partial charge is 0.313 e. The Hall–Kier alpha value is -0.330. The Morgan fingerprint density at radius 3 is 2.00 bits per heavy atom. The van der Waals surface area contributed by atoms with Gasteiger partial charge in [-0.25, -0.2) is 0 Å². The van der Waals surface area contributed by atoms with Crippen molar-refractivity contribution < 1.29 is 0 Å². The van der Waals surface area contributed by atoms with Crippen molar-refractivity contribution in [2.75, 3.05) is 0 Å². The van der Waals surface area contributed by atoms with Crippen LogP contribution in [0.3, 0.4) is 0 Å². The molecule has 0 fully saturated rings. The fourth-order valence-electron chi connectivity index (χ4n) is 1.89. The van der Waals surface area contributed by atoms with E-state index in [9.17, 15) is 0 Å². The van der Waals surface area contributed by atoms with Crippen LogP contribution in [0.4, 0.5) is 0 Å². The third-order valence-corrected chi connectivity index (χ3v) is 2.20. The van der Waals surface area contributed by atoms with E-state index in [-0.39, 0.29) is 0 Å². The van der Waals surface area contributed by atoms with Gasteiger partial charge in [0.25, 0.3) is 0 Å². The number of nitrogens with one attached hydrogen (secondary N) is 1. The van der Waals surface area contributed by atoms with E-state index in [0.29, 0.717) is 5.92 Å². The molecule has 0 saturated carbocycles. The van der Waals surface area contributed by atoms with Gasteiger partial charge in [-0.1, -0.05) is 27.7 Å². The monoisotopic (exact) mass is 169 g/mol. The average molecular weight is 169 g/mol. The Bertz CT molecular complexity index is 118. The van der Waals surface area contributed by atoms with Gasteiger partial charge in [0.05, 0.1) is 0 Å². The normalized spacial score (nSPS) is 16.1. The summed E-state index contributed by atoms with van der Waals surface area (Å²) < 4.78 is 0. The predicted molar refractivity (Wildman–Crippen MR) is 55.8 cm³/mol. The highest BCUT2D eigenvalue weighted by molar-refractivity contribution is 5.53. The molecule has 0 aromatic heterocycles. The van der Waals surface area contributed by atoms with Crippen LogP contribution < -0.4 is 0 Å². The maximum Gasteiger partial charge on any atom is -0.00451 e. The Balaban J connectivity index is 3.53. The first-order valence-electron chi connectivity index (χ1n) is 5.05. The zero-order chi connectivity index (χ0) is 9.56. The average Bonchev–Trinajstić information content (AvgIpc) is 1.84. The molecule has 0 aliphatic heterocycles. The summed E-state index contributed by atoms with van der Waals surface area (Å²) in [4.78, 5) is 0. The molecule has 2 unspecified atom stereocenters. The molecule has 0 radical (unpaired) electrons. The minimum atomic E-state index is 0.691. The zero-order valence-corrected chi connectivity index (χ0v) is 8.93. The van der Waals surface area contributed by atoms with Crippen molar-refractivity contribution in [1.29, 1.82) is 5.41 Å². The fraction of sp³-hybridized carbons (Fsp3) is 0.909. The van der Waals surface area contributed by atoms with Gasteiger partial charge in [-0.3, -0.25) is 0 Å². The lowest BCUT2D eigenvalue weighted by Crippen LogP contribution is -2.06. The summed E-state index contributed by atoms with van der Waals surface area (Å²) in [5.41, 5.74) is 0. The Kier molecular flexibility index (Phi) is 6.04. The second-order valence-electron chi connectivity index (χ2n) is 4.52. The Labute approximate surface area is 77.1 Å². The molecule has 0 spiro atoms. The highest BCUT2D eigenvalue weighted by Crippen LogP contribution is 2.20. The molecule has 0 saturated heterocycles. The van der Waals surface area contributed by atoms with Gasteiger partial charge in [-0.2, -0.15) is 0 Å². The molecule has 1 heteroatoms. The van der Waals surface area contributed by atoms with Gasteiger partial charge in [0, 0.05) is 0 Å². The van der Waals surface area contributed by atoms with Crippen LogP contribution in [0.25, 0.3) is 0 Å². The van der Waals surface area contributed by atoms with Crippen LogP contribution in [0.5, 0.6) is 0 Å². The lowest BCUT2D eigenvalue weighted by Gasteiger charge is -2.17. The molecule has 0 bridgehead atoms. The van der Waals surface area contributed by atoms with E-state index >= 15 is 0 Å². The second-order valence-corrected chi connectivity index (χ2v) is 4.52. The van der Waals surface area contributed by atoms with Crippen LogP contribution in [0.1, 0.15) is 47.0 Å². The SMILES string of the molecule is CC(C)CC(C)CC(C)CC=N. The summed E-state index contributed by atoms with van der Waals surface area (Å²) in [5, 5.41) is 6.99. The van der Waals surface area contributed by atoms with Gasteiger partial charge in [0.2, 0.25) is 0 Å². The maximum atomic E-state index is 6.99. The smallest absolute Gasteiger partial charge is 0.00451 e. The van der Waals surface area contributed by atoms with E-state index < -0.39 is 0 Å². The number of hydrogen-bond donors (Lipinski definition) is 1. The second kappa shape index (κ2) is 6.22. The molecule has 2 atom stereocenters. The van der Waals surface area contributed by atoms with Gasteiger partial charge in [-0.15, -0.1) is 0 Å². The van der Waals surface area contributed by atoms with Crippen LogP contribution in [-0.2, 0) is 0 Å². The van der Waals surface area contributed by atoms with Gasteiger partial charge in [0.15, 0.2) is 0 Å². The Morgan fingerprint density at radius 2 is 1.58 bits per heavy atom. The van der Waals surface area contributed by atoms with Gasteiger partial charge < -0.3 is 5.41 Å². The van der Waals surface area contributed by atoms with Crippen LogP contribution in [0, 0.1) is 23.2 Å². The quantitative estimate of drug-likeness (QED) is 0.586. The van der Waals surface area contributed by atoms with Crippen LogP contribution >= 0.6 is 0 Å². The molecule has 0 amide bonds. The molecular weight excluding hydrogens is 146 g/mol. The molecule has 0 rings (SSSR count). The summed E-state index contributed by atoms with van der Waals surface area (Å²) in [6.45, 7) is 9.11. The minimum absolute atomic E-state index is 0.691. The lowest BCUT2D eigenvalue weighted by molar-refractivity contribution is 0.360. The molecule has 1 nitrogen and oxygen atoms in total. The third-order valence-electron chi connectivity index (χ3n) is 2.20. The topological polar surface area (TPSA) is 23.9 Å². The summed E-state index contributed by atoms with van der Waals surface area (Å²) in [6.07, 6.45) is 5.07. The molecule has 0 aromatic rings. The molecular formula is C11H23N. The molecule has 0 aliphatic rings. The van der Waals surface area contributed by atoms with E-state index in [0.717, 1.165) is 18.3 Å². The number of hydrogen-bond acceptors (Lipinski definition) is 1. The molecule has 0 heterocycles. The van der Waals surface area contributed by atoms with Gasteiger partial charge in [0.1, 0.15) is 0 Å². The highest BCUT2D eigenvalue weighted by atomic mass is 14.3. The summed E-state index contributed by atoms with van der Waals surface area (Å²) in [5.74, 6) is 2.32. The molecule has 0 aromatic carbocycles. The predicted octanol–water partition coefficient (Wildman–Crippen LogP) is 3.73. The highest BCUT2D eigenvalue weighted by Gasteiger charge is 2.09. The zero-order valence-electron chi connectivity index (χ0n) is 8.93. The fourth-order valence-corrected chi connectivity index (χ4v) is 1.89. The molecule has 72 valence electrons. The molecule has 12 heavy (non-hydrogen) atoms. The van der Waals surface area contributed by atoms with Crippen LogP contribution in [0.15, 0.2) is 0 Å². The summed E-state index contributed by atoms with van der Waals surface area (Å²) in [6, 6.07) is 0. The first-order chi connectivity index (χ1) is 5.56. The van der Waals surface area contributed by atoms with Crippen LogP contribution in [0.2, 0.25) is 0 Å². The first-order valence-corrected chi connectivity index (χ1v) is 5.05. The number of rotatable bonds is 6. The lowest BCUT2D eigenvalue weighted by atomic mass is 9.89. The Morgan fingerprint density at radius 1 is 1.00 bits per heavy atom. The van der Waals surface area contributed by atoms with Crippen molar-refractivity contribution in [3.63, 3.8) is 0 Å². The van der Waals surface area contributed by atoms with E-state index in [2.05, 4.69) is 27.7 Å². The summed E-state index contributed by atoms with van der Waals surface area (Å²) in [7, 11) is 0. The van der Waals surface area contributed by atoms with Crippen molar-refractivity contribution in [2.45, 2.75) is 47.0 Å². The van der Waals surface area contributed by atoms with E-state index in [1.165, 1.54) is 19.1 Å². The van der Waals surface area contributed by atoms with E-state index in [1.54, 1.807) is 0 Å². The maximum absolute atomic E-state index is 6.99. The van der Waals surface area contributed by atoms with Crippen molar-refractivity contribution in [3.05, 3.63) is 0 Å². The van der Waals surface area contributed by atoms with E-state index in [1.807, 2.05) is 0 Å². The van der Waals surface area contributed by atoms with Crippen molar-refractivity contribution in [2.24, 2.45) is 17.8 Å². The minimum Gasteiger partial charge on any atom is -0.313 e. The van der Waals surface area contributed by atoms with Gasteiger partial charge in [-0.05, 0) is 43.2 Å². The van der Waals surface area contributed by atoms with Gasteiger partial charge >= 0.3 is 0 Å².